The third-order valence-electron chi connectivity index (χ3n) is 2.55. The minimum absolute atomic E-state index is 0.293. The number of methoxy groups -OCH3 is 1. The van der Waals surface area contributed by atoms with Gasteiger partial charge < -0.3 is 14.8 Å². The molecule has 2 aromatic rings. The van der Waals surface area contributed by atoms with Gasteiger partial charge in [-0.1, -0.05) is 4.49 Å². The van der Waals surface area contributed by atoms with E-state index in [1.165, 1.54) is 18.6 Å². The lowest BCUT2D eigenvalue weighted by atomic mass is 10.2. The molecule has 0 spiro atoms. The van der Waals surface area contributed by atoms with Gasteiger partial charge in [-0.3, -0.25) is 0 Å². The van der Waals surface area contributed by atoms with Gasteiger partial charge in [0.25, 0.3) is 0 Å². The van der Waals surface area contributed by atoms with Gasteiger partial charge in [0.1, 0.15) is 17.3 Å². The summed E-state index contributed by atoms with van der Waals surface area (Å²) in [5.74, 6) is 1.10. The lowest BCUT2D eigenvalue weighted by Gasteiger charge is -2.10. The molecule has 1 aromatic heterocycles. The largest absolute Gasteiger partial charge is 0.493 e. The number of rotatable bonds is 6. The first kappa shape index (κ1) is 14.1. The Morgan fingerprint density at radius 1 is 1.40 bits per heavy atom. The zero-order valence-corrected chi connectivity index (χ0v) is 12.0. The van der Waals surface area contributed by atoms with Gasteiger partial charge in [0, 0.05) is 24.1 Å². The quantitative estimate of drug-likeness (QED) is 0.880. The number of hydrogen-bond donors (Lipinski definition) is 1. The highest BCUT2D eigenvalue weighted by molar-refractivity contribution is 7.10. The van der Waals surface area contributed by atoms with Crippen molar-refractivity contribution in [3.63, 3.8) is 0 Å². The van der Waals surface area contributed by atoms with Crippen molar-refractivity contribution >= 4 is 16.5 Å². The number of benzene rings is 1. The monoisotopic (exact) mass is 290 g/mol. The summed E-state index contributed by atoms with van der Waals surface area (Å²) in [6, 6.07) is 7.09. The molecule has 104 valence electrons. The number of nitriles is 1. The molecule has 0 aliphatic carbocycles. The first-order chi connectivity index (χ1) is 9.78. The number of nitrogens with one attached hydrogen (secondary N) is 1. The van der Waals surface area contributed by atoms with Crippen LogP contribution in [0.4, 0.5) is 5.00 Å². The fourth-order valence-corrected chi connectivity index (χ4v) is 2.24. The van der Waals surface area contributed by atoms with Gasteiger partial charge >= 0.3 is 0 Å². The van der Waals surface area contributed by atoms with Crippen molar-refractivity contribution in [2.24, 2.45) is 0 Å². The summed E-state index contributed by atoms with van der Waals surface area (Å²) in [6.45, 7) is 3.10. The van der Waals surface area contributed by atoms with E-state index in [4.69, 9.17) is 14.7 Å². The molecule has 6 nitrogen and oxygen atoms in total. The highest BCUT2D eigenvalue weighted by atomic mass is 32.1. The van der Waals surface area contributed by atoms with Crippen molar-refractivity contribution in [3.8, 4) is 17.6 Å². The smallest absolute Gasteiger partial charge is 0.162 e. The normalized spacial score (nSPS) is 9.85. The third-order valence-corrected chi connectivity index (χ3v) is 3.28. The second kappa shape index (κ2) is 6.73. The molecule has 0 fully saturated rings. The van der Waals surface area contributed by atoms with Crippen molar-refractivity contribution in [1.82, 2.24) is 9.59 Å². The average molecular weight is 290 g/mol. The maximum atomic E-state index is 8.85. The molecule has 1 aromatic carbocycles. The van der Waals surface area contributed by atoms with Crippen molar-refractivity contribution < 1.29 is 9.47 Å². The lowest BCUT2D eigenvalue weighted by molar-refractivity contribution is 0.281. The molecule has 0 bridgehead atoms. The Labute approximate surface area is 121 Å². The minimum atomic E-state index is 0.293. The molecule has 1 heterocycles. The van der Waals surface area contributed by atoms with Crippen LogP contribution in [-0.2, 0) is 6.61 Å². The van der Waals surface area contributed by atoms with Crippen LogP contribution >= 0.6 is 11.5 Å². The highest BCUT2D eigenvalue weighted by Gasteiger charge is 2.10. The van der Waals surface area contributed by atoms with E-state index in [0.29, 0.717) is 23.7 Å². The maximum Gasteiger partial charge on any atom is 0.162 e. The van der Waals surface area contributed by atoms with Gasteiger partial charge in [0.05, 0.1) is 18.7 Å². The zero-order valence-electron chi connectivity index (χ0n) is 11.2. The van der Waals surface area contributed by atoms with Gasteiger partial charge in [-0.05, 0) is 19.1 Å². The molecule has 0 saturated heterocycles. The van der Waals surface area contributed by atoms with E-state index >= 15 is 0 Å². The molecule has 7 heteroatoms. The third kappa shape index (κ3) is 3.16. The second-order valence-corrected chi connectivity index (χ2v) is 4.60. The van der Waals surface area contributed by atoms with E-state index < -0.39 is 0 Å². The predicted octanol–water partition coefficient (Wildman–Crippen LogP) is 2.43. The van der Waals surface area contributed by atoms with Crippen molar-refractivity contribution in [2.45, 2.75) is 13.5 Å². The Bertz CT molecular complexity index is 621. The van der Waals surface area contributed by atoms with E-state index in [-0.39, 0.29) is 0 Å². The van der Waals surface area contributed by atoms with Gasteiger partial charge in [-0.15, -0.1) is 5.10 Å². The van der Waals surface area contributed by atoms with Crippen LogP contribution < -0.4 is 14.8 Å². The second-order valence-electron chi connectivity index (χ2n) is 3.85. The Morgan fingerprint density at radius 2 is 2.25 bits per heavy atom. The van der Waals surface area contributed by atoms with Crippen LogP contribution in [0.25, 0.3) is 0 Å². The molecule has 1 N–H and O–H groups in total. The van der Waals surface area contributed by atoms with Gasteiger partial charge in [0.15, 0.2) is 11.5 Å². The minimum Gasteiger partial charge on any atom is -0.493 e. The molecular weight excluding hydrogens is 276 g/mol. The van der Waals surface area contributed by atoms with Gasteiger partial charge in [0.2, 0.25) is 0 Å². The summed E-state index contributed by atoms with van der Waals surface area (Å²) in [6.07, 6.45) is 0. The predicted molar refractivity (Wildman–Crippen MR) is 76.1 cm³/mol. The van der Waals surface area contributed by atoms with Crippen molar-refractivity contribution in [1.29, 1.82) is 5.26 Å². The molecule has 0 aliphatic rings. The van der Waals surface area contributed by atoms with Gasteiger partial charge in [-0.2, -0.15) is 5.26 Å². The Hall–Kier alpha value is -2.33. The Morgan fingerprint density at radius 3 is 2.95 bits per heavy atom. The van der Waals surface area contributed by atoms with Crippen molar-refractivity contribution in [3.05, 3.63) is 29.5 Å². The summed E-state index contributed by atoms with van der Waals surface area (Å²) in [5.41, 5.74) is 1.28. The van der Waals surface area contributed by atoms with Gasteiger partial charge in [-0.25, -0.2) is 0 Å². The SMILES string of the molecule is CCNc1snnc1COc1ccc(C#N)cc1OC. The molecule has 0 unspecified atom stereocenters. The van der Waals surface area contributed by atoms with E-state index in [1.54, 1.807) is 18.2 Å². The lowest BCUT2D eigenvalue weighted by Crippen LogP contribution is -2.03. The summed E-state index contributed by atoms with van der Waals surface area (Å²) >= 11 is 1.30. The molecule has 0 saturated carbocycles. The number of nitrogens with zero attached hydrogens (tertiary/aromatic N) is 3. The topological polar surface area (TPSA) is 80.1 Å². The fourth-order valence-electron chi connectivity index (χ4n) is 1.60. The Kier molecular flexibility index (Phi) is 4.74. The van der Waals surface area contributed by atoms with Crippen LogP contribution in [0.3, 0.4) is 0 Å². The molecule has 0 aliphatic heterocycles. The molecule has 2 rings (SSSR count). The van der Waals surface area contributed by atoms with E-state index in [1.807, 2.05) is 6.92 Å². The Balaban J connectivity index is 2.10. The number of ether oxygens (including phenoxy) is 2. The summed E-state index contributed by atoms with van der Waals surface area (Å²) in [5, 5.41) is 17.0. The van der Waals surface area contributed by atoms with Crippen LogP contribution in [0.2, 0.25) is 0 Å². The van der Waals surface area contributed by atoms with Crippen molar-refractivity contribution in [2.75, 3.05) is 19.0 Å². The molecule has 20 heavy (non-hydrogen) atoms. The van der Waals surface area contributed by atoms with Crippen LogP contribution in [0.5, 0.6) is 11.5 Å². The number of anilines is 1. The summed E-state index contributed by atoms with van der Waals surface area (Å²) in [4.78, 5) is 0. The zero-order chi connectivity index (χ0) is 14.4. The standard InChI is InChI=1S/C13H14N4O2S/c1-3-15-13-10(16-17-20-13)8-19-11-5-4-9(7-14)6-12(11)18-2/h4-6,15H,3,8H2,1-2H3. The van der Waals surface area contributed by atoms with E-state index in [9.17, 15) is 0 Å². The molecule has 0 amide bonds. The van der Waals surface area contributed by atoms with Crippen LogP contribution in [0.1, 0.15) is 18.2 Å². The number of hydrogen-bond acceptors (Lipinski definition) is 7. The first-order valence-electron chi connectivity index (χ1n) is 6.04. The van der Waals surface area contributed by atoms with E-state index in [2.05, 4.69) is 21.0 Å². The average Bonchev–Trinajstić information content (AvgIpc) is 2.92. The van der Waals surface area contributed by atoms with Crippen LogP contribution in [-0.4, -0.2) is 23.2 Å². The fraction of sp³-hybridized carbons (Fsp3) is 0.308. The maximum absolute atomic E-state index is 8.85. The summed E-state index contributed by atoms with van der Waals surface area (Å²) in [7, 11) is 1.54. The first-order valence-corrected chi connectivity index (χ1v) is 6.81. The molecular formula is C13H14N4O2S. The highest BCUT2D eigenvalue weighted by Crippen LogP contribution is 2.29. The van der Waals surface area contributed by atoms with Crippen LogP contribution in [0, 0.1) is 11.3 Å². The molecule has 0 atom stereocenters. The molecule has 0 radical (unpaired) electrons. The van der Waals surface area contributed by atoms with Crippen LogP contribution in [0.15, 0.2) is 18.2 Å². The van der Waals surface area contributed by atoms with E-state index in [0.717, 1.165) is 17.2 Å². The summed E-state index contributed by atoms with van der Waals surface area (Å²) < 4.78 is 14.8. The number of aromatic nitrogens is 2.